The van der Waals surface area contributed by atoms with Gasteiger partial charge in [0.25, 0.3) is 5.91 Å². The van der Waals surface area contributed by atoms with E-state index in [1.165, 1.54) is 11.8 Å². The maximum Gasteiger partial charge on any atom is 0.252 e. The fourth-order valence-corrected chi connectivity index (χ4v) is 7.02. The van der Waals surface area contributed by atoms with Crippen molar-refractivity contribution in [1.82, 2.24) is 4.90 Å². The van der Waals surface area contributed by atoms with Crippen LogP contribution in [0.2, 0.25) is 5.02 Å². The third-order valence-corrected chi connectivity index (χ3v) is 7.49. The molecule has 1 aromatic carbocycles. The number of aliphatic imine (C=N–C) groups is 1. The van der Waals surface area contributed by atoms with Gasteiger partial charge in [0.05, 0.1) is 24.0 Å². The molecular formula is C16H17ClN2O3S2. The summed E-state index contributed by atoms with van der Waals surface area (Å²) < 4.78 is 23.6. The van der Waals surface area contributed by atoms with Gasteiger partial charge in [-0.25, -0.2) is 8.42 Å². The molecule has 2 aliphatic rings. The lowest BCUT2D eigenvalue weighted by Gasteiger charge is -2.22. The first-order valence-corrected chi connectivity index (χ1v) is 10.6. The quantitative estimate of drug-likeness (QED) is 0.744. The number of sulfone groups is 1. The topological polar surface area (TPSA) is 66.8 Å². The van der Waals surface area contributed by atoms with Crippen molar-refractivity contribution >= 4 is 44.3 Å². The molecule has 0 radical (unpaired) electrons. The van der Waals surface area contributed by atoms with Gasteiger partial charge in [-0.05, 0) is 17.7 Å². The molecule has 1 aromatic rings. The second-order valence-electron chi connectivity index (χ2n) is 5.83. The van der Waals surface area contributed by atoms with Crippen LogP contribution in [0.5, 0.6) is 0 Å². The highest BCUT2D eigenvalue weighted by atomic mass is 35.5. The van der Waals surface area contributed by atoms with Gasteiger partial charge >= 0.3 is 0 Å². The monoisotopic (exact) mass is 384 g/mol. The third kappa shape index (κ3) is 3.84. The number of hydrogen-bond donors (Lipinski definition) is 0. The van der Waals surface area contributed by atoms with Crippen LogP contribution in [0.3, 0.4) is 0 Å². The Morgan fingerprint density at radius 2 is 2.08 bits per heavy atom. The molecule has 0 aliphatic carbocycles. The Bertz CT molecular complexity index is 790. The molecule has 3 rings (SSSR count). The molecule has 24 heavy (non-hydrogen) atoms. The summed E-state index contributed by atoms with van der Waals surface area (Å²) in [5.74, 6) is 0.000205. The lowest BCUT2D eigenvalue weighted by molar-refractivity contribution is -0.117. The third-order valence-electron chi connectivity index (χ3n) is 3.99. The van der Waals surface area contributed by atoms with Crippen molar-refractivity contribution in [2.45, 2.75) is 17.7 Å². The van der Waals surface area contributed by atoms with Crippen LogP contribution in [-0.4, -0.2) is 53.7 Å². The van der Waals surface area contributed by atoms with Crippen molar-refractivity contribution in [2.75, 3.05) is 18.1 Å². The molecule has 8 heteroatoms. The van der Waals surface area contributed by atoms with Gasteiger partial charge < -0.3 is 4.90 Å². The minimum Gasteiger partial charge on any atom is -0.342 e. The summed E-state index contributed by atoms with van der Waals surface area (Å²) in [5.41, 5.74) is 0.842. The van der Waals surface area contributed by atoms with Crippen LogP contribution in [0.25, 0.3) is 0 Å². The van der Waals surface area contributed by atoms with E-state index in [-0.39, 0.29) is 35.1 Å². The summed E-state index contributed by atoms with van der Waals surface area (Å²) in [6.45, 7) is 4.19. The Hall–Kier alpha value is -1.31. The van der Waals surface area contributed by atoms with E-state index in [0.29, 0.717) is 16.7 Å². The molecule has 0 saturated carbocycles. The highest BCUT2D eigenvalue weighted by molar-refractivity contribution is 8.15. The van der Waals surface area contributed by atoms with Crippen molar-refractivity contribution in [3.05, 3.63) is 47.5 Å². The van der Waals surface area contributed by atoms with Crippen molar-refractivity contribution in [3.8, 4) is 0 Å². The fourth-order valence-electron chi connectivity index (χ4n) is 2.91. The van der Waals surface area contributed by atoms with E-state index in [2.05, 4.69) is 11.6 Å². The first-order valence-electron chi connectivity index (χ1n) is 7.48. The Balaban J connectivity index is 1.75. The molecule has 0 aromatic heterocycles. The average Bonchev–Trinajstić information content (AvgIpc) is 2.95. The fraction of sp³-hybridized carbons (Fsp3) is 0.375. The van der Waals surface area contributed by atoms with Gasteiger partial charge in [-0.2, -0.15) is 4.99 Å². The number of nitrogens with zero attached hydrogens (tertiary/aromatic N) is 2. The molecule has 2 aliphatic heterocycles. The van der Waals surface area contributed by atoms with Crippen molar-refractivity contribution in [2.24, 2.45) is 4.99 Å². The summed E-state index contributed by atoms with van der Waals surface area (Å²) in [4.78, 5) is 18.3. The molecule has 0 bridgehead atoms. The Morgan fingerprint density at radius 3 is 2.75 bits per heavy atom. The smallest absolute Gasteiger partial charge is 0.252 e. The summed E-state index contributed by atoms with van der Waals surface area (Å²) in [7, 11) is -3.01. The van der Waals surface area contributed by atoms with Crippen molar-refractivity contribution in [3.63, 3.8) is 0 Å². The largest absolute Gasteiger partial charge is 0.342 e. The molecule has 1 amide bonds. The van der Waals surface area contributed by atoms with E-state index in [4.69, 9.17) is 11.6 Å². The number of hydrogen-bond acceptors (Lipinski definition) is 4. The number of amides is 1. The molecule has 2 heterocycles. The summed E-state index contributed by atoms with van der Waals surface area (Å²) in [6.07, 6.45) is 1.89. The van der Waals surface area contributed by atoms with Crippen LogP contribution < -0.4 is 0 Å². The highest BCUT2D eigenvalue weighted by Gasteiger charge is 2.48. The maximum absolute atomic E-state index is 12.2. The molecule has 128 valence electrons. The van der Waals surface area contributed by atoms with Gasteiger partial charge in [0, 0.05) is 16.8 Å². The van der Waals surface area contributed by atoms with Gasteiger partial charge in [0.2, 0.25) is 0 Å². The van der Waals surface area contributed by atoms with E-state index in [9.17, 15) is 13.2 Å². The number of carbonyl (C=O) groups excluding carboxylic acids is 1. The van der Waals surface area contributed by atoms with Crippen LogP contribution in [0.4, 0.5) is 0 Å². The zero-order chi connectivity index (χ0) is 17.3. The molecule has 2 unspecified atom stereocenters. The minimum absolute atomic E-state index is 0.0583. The Morgan fingerprint density at radius 1 is 1.38 bits per heavy atom. The van der Waals surface area contributed by atoms with Gasteiger partial charge in [-0.15, -0.1) is 6.58 Å². The Labute approximate surface area is 150 Å². The molecule has 2 fully saturated rings. The summed E-state index contributed by atoms with van der Waals surface area (Å²) in [5, 5.41) is 1.16. The van der Waals surface area contributed by atoms with E-state index < -0.39 is 9.84 Å². The molecule has 0 spiro atoms. The van der Waals surface area contributed by atoms with E-state index in [1.807, 2.05) is 4.90 Å². The number of amidine groups is 1. The van der Waals surface area contributed by atoms with Gasteiger partial charge in [0.15, 0.2) is 15.0 Å². The van der Waals surface area contributed by atoms with Crippen LogP contribution in [0.1, 0.15) is 5.56 Å². The van der Waals surface area contributed by atoms with Crippen LogP contribution in [-0.2, 0) is 21.1 Å². The number of halogens is 1. The SMILES string of the molecule is C=CCN1C(=NC(=O)Cc2ccc(Cl)cc2)SC2CS(=O)(=O)CC21. The van der Waals surface area contributed by atoms with Crippen LogP contribution >= 0.6 is 23.4 Å². The van der Waals surface area contributed by atoms with E-state index in [0.717, 1.165) is 5.56 Å². The van der Waals surface area contributed by atoms with Gasteiger partial charge in [-0.3, -0.25) is 4.79 Å². The number of thioether (sulfide) groups is 1. The zero-order valence-corrected chi connectivity index (χ0v) is 15.3. The number of carbonyl (C=O) groups is 1. The van der Waals surface area contributed by atoms with E-state index >= 15 is 0 Å². The van der Waals surface area contributed by atoms with Crippen LogP contribution in [0.15, 0.2) is 41.9 Å². The predicted octanol–water partition coefficient (Wildman–Crippen LogP) is 2.17. The Kier molecular flexibility index (Phi) is 5.03. The number of rotatable bonds is 4. The lowest BCUT2D eigenvalue weighted by atomic mass is 10.1. The molecule has 2 saturated heterocycles. The molecule has 2 atom stereocenters. The summed E-state index contributed by atoms with van der Waals surface area (Å²) >= 11 is 7.22. The number of fused-ring (bicyclic) bond motifs is 1. The van der Waals surface area contributed by atoms with Crippen LogP contribution in [0, 0.1) is 0 Å². The van der Waals surface area contributed by atoms with Gasteiger partial charge in [0.1, 0.15) is 0 Å². The van der Waals surface area contributed by atoms with Crippen molar-refractivity contribution < 1.29 is 13.2 Å². The lowest BCUT2D eigenvalue weighted by Crippen LogP contribution is -2.37. The standard InChI is InChI=1S/C16H17ClN2O3S2/c1-2-7-19-13-9-24(21,22)10-14(13)23-16(19)18-15(20)8-11-3-5-12(17)6-4-11/h2-6,13-14H,1,7-10H2. The van der Waals surface area contributed by atoms with Gasteiger partial charge in [-0.1, -0.05) is 41.6 Å². The number of benzene rings is 1. The molecule has 0 N–H and O–H groups in total. The van der Waals surface area contributed by atoms with E-state index in [1.54, 1.807) is 30.3 Å². The summed E-state index contributed by atoms with van der Waals surface area (Å²) in [6, 6.07) is 6.94. The van der Waals surface area contributed by atoms with Crippen molar-refractivity contribution in [1.29, 1.82) is 0 Å². The molecule has 5 nitrogen and oxygen atoms in total. The average molecular weight is 385 g/mol. The first kappa shape index (κ1) is 17.5. The minimum atomic E-state index is -3.01. The molecular weight excluding hydrogens is 368 g/mol. The second-order valence-corrected chi connectivity index (χ2v) is 9.63. The first-order chi connectivity index (χ1) is 11.4. The zero-order valence-electron chi connectivity index (χ0n) is 12.9. The second kappa shape index (κ2) is 6.90. The maximum atomic E-state index is 12.2. The predicted molar refractivity (Wildman–Crippen MR) is 98.3 cm³/mol. The normalized spacial score (nSPS) is 26.5. The highest BCUT2D eigenvalue weighted by Crippen LogP contribution is 2.38.